The van der Waals surface area contributed by atoms with Crippen molar-refractivity contribution in [2.24, 2.45) is 10.9 Å². The summed E-state index contributed by atoms with van der Waals surface area (Å²) in [5.41, 5.74) is 7.37. The molecule has 0 amide bonds. The second-order valence-corrected chi connectivity index (χ2v) is 5.58. The molecule has 0 radical (unpaired) electrons. The first-order valence-electron chi connectivity index (χ1n) is 6.09. The standard InChI is InChI=1S/C13H21BrN4O/c1-17(2)7-4-8-18(3)10-5-6-11(12(14)9-10)13(15)16-19/h5-6,9,19H,4,7-8H2,1-3H3,(H2,15,16). The van der Waals surface area contributed by atoms with Crippen LogP contribution in [0, 0.1) is 0 Å². The molecule has 1 aromatic carbocycles. The van der Waals surface area contributed by atoms with Crippen LogP contribution in [0.15, 0.2) is 27.8 Å². The largest absolute Gasteiger partial charge is 0.409 e. The monoisotopic (exact) mass is 328 g/mol. The van der Waals surface area contributed by atoms with Gasteiger partial charge < -0.3 is 20.7 Å². The Labute approximate surface area is 122 Å². The molecule has 1 rings (SSSR count). The van der Waals surface area contributed by atoms with Crippen molar-refractivity contribution in [3.63, 3.8) is 0 Å². The van der Waals surface area contributed by atoms with Crippen LogP contribution in [0.2, 0.25) is 0 Å². The number of oxime groups is 1. The van der Waals surface area contributed by atoms with Gasteiger partial charge in [0.15, 0.2) is 5.84 Å². The lowest BCUT2D eigenvalue weighted by molar-refractivity contribution is 0.318. The summed E-state index contributed by atoms with van der Waals surface area (Å²) in [7, 11) is 6.20. The lowest BCUT2D eigenvalue weighted by Gasteiger charge is -2.21. The number of amidine groups is 1. The Morgan fingerprint density at radius 3 is 2.53 bits per heavy atom. The van der Waals surface area contributed by atoms with E-state index >= 15 is 0 Å². The van der Waals surface area contributed by atoms with Crippen molar-refractivity contribution in [3.05, 3.63) is 28.2 Å². The number of nitrogens with zero attached hydrogens (tertiary/aromatic N) is 3. The van der Waals surface area contributed by atoms with Crippen molar-refractivity contribution in [1.29, 1.82) is 0 Å². The molecule has 0 aromatic heterocycles. The Hall–Kier alpha value is -1.27. The van der Waals surface area contributed by atoms with Gasteiger partial charge in [-0.05, 0) is 61.2 Å². The van der Waals surface area contributed by atoms with Gasteiger partial charge in [-0.3, -0.25) is 0 Å². The summed E-state index contributed by atoms with van der Waals surface area (Å²) in [5, 5.41) is 11.7. The summed E-state index contributed by atoms with van der Waals surface area (Å²) >= 11 is 3.44. The molecule has 0 aliphatic carbocycles. The van der Waals surface area contributed by atoms with Gasteiger partial charge in [0.05, 0.1) is 0 Å². The molecule has 0 saturated heterocycles. The van der Waals surface area contributed by atoms with Crippen molar-refractivity contribution < 1.29 is 5.21 Å². The summed E-state index contributed by atoms with van der Waals surface area (Å²) in [4.78, 5) is 4.36. The smallest absolute Gasteiger partial charge is 0.171 e. The average molecular weight is 329 g/mol. The van der Waals surface area contributed by atoms with Gasteiger partial charge in [-0.1, -0.05) is 5.16 Å². The maximum absolute atomic E-state index is 8.69. The molecule has 19 heavy (non-hydrogen) atoms. The molecule has 0 saturated carbocycles. The minimum atomic E-state index is 0.105. The second kappa shape index (κ2) is 7.35. The molecular formula is C13H21BrN4O. The van der Waals surface area contributed by atoms with Gasteiger partial charge >= 0.3 is 0 Å². The number of halogens is 1. The highest BCUT2D eigenvalue weighted by Gasteiger charge is 2.08. The van der Waals surface area contributed by atoms with Gasteiger partial charge in [-0.2, -0.15) is 0 Å². The first kappa shape index (κ1) is 15.8. The van der Waals surface area contributed by atoms with Gasteiger partial charge in [-0.25, -0.2) is 0 Å². The summed E-state index contributed by atoms with van der Waals surface area (Å²) in [5.74, 6) is 0.105. The fourth-order valence-electron chi connectivity index (χ4n) is 1.76. The maximum atomic E-state index is 8.69. The zero-order chi connectivity index (χ0) is 14.4. The number of rotatable bonds is 6. The van der Waals surface area contributed by atoms with Gasteiger partial charge in [0.25, 0.3) is 0 Å². The van der Waals surface area contributed by atoms with E-state index in [1.54, 1.807) is 0 Å². The number of nitrogens with two attached hydrogens (primary N) is 1. The minimum absolute atomic E-state index is 0.105. The quantitative estimate of drug-likeness (QED) is 0.362. The van der Waals surface area contributed by atoms with Crippen LogP contribution in [0.25, 0.3) is 0 Å². The van der Waals surface area contributed by atoms with E-state index in [1.165, 1.54) is 0 Å². The number of anilines is 1. The molecule has 0 spiro atoms. The first-order chi connectivity index (χ1) is 8.95. The predicted molar refractivity (Wildman–Crippen MR) is 83.1 cm³/mol. The molecule has 0 aliphatic heterocycles. The number of hydrogen-bond acceptors (Lipinski definition) is 4. The van der Waals surface area contributed by atoms with Crippen LogP contribution in [0.3, 0.4) is 0 Å². The van der Waals surface area contributed by atoms with Crippen LogP contribution in [0.1, 0.15) is 12.0 Å². The van der Waals surface area contributed by atoms with E-state index in [1.807, 2.05) is 18.2 Å². The lowest BCUT2D eigenvalue weighted by Crippen LogP contribution is -2.23. The Kier molecular flexibility index (Phi) is 6.11. The van der Waals surface area contributed by atoms with Crippen LogP contribution < -0.4 is 10.6 Å². The molecule has 0 atom stereocenters. The van der Waals surface area contributed by atoms with E-state index in [4.69, 9.17) is 10.9 Å². The van der Waals surface area contributed by atoms with Crippen LogP contribution in [-0.2, 0) is 0 Å². The number of hydrogen-bond donors (Lipinski definition) is 2. The lowest BCUT2D eigenvalue weighted by atomic mass is 10.2. The molecule has 0 fully saturated rings. The predicted octanol–water partition coefficient (Wildman–Crippen LogP) is 1.93. The third-order valence-corrected chi connectivity index (χ3v) is 3.53. The van der Waals surface area contributed by atoms with Crippen LogP contribution in [0.5, 0.6) is 0 Å². The molecule has 3 N–H and O–H groups in total. The van der Waals surface area contributed by atoms with Gasteiger partial charge in [0, 0.05) is 29.3 Å². The summed E-state index contributed by atoms with van der Waals surface area (Å²) in [6, 6.07) is 5.79. The Bertz CT molecular complexity index is 448. The normalized spacial score (nSPS) is 11.9. The van der Waals surface area contributed by atoms with Crippen LogP contribution in [-0.4, -0.2) is 50.2 Å². The summed E-state index contributed by atoms with van der Waals surface area (Å²) in [6.07, 6.45) is 1.10. The second-order valence-electron chi connectivity index (χ2n) is 4.73. The molecule has 5 nitrogen and oxygen atoms in total. The highest BCUT2D eigenvalue weighted by molar-refractivity contribution is 9.10. The molecule has 106 valence electrons. The fraction of sp³-hybridized carbons (Fsp3) is 0.462. The van der Waals surface area contributed by atoms with Crippen molar-refractivity contribution in [1.82, 2.24) is 4.90 Å². The first-order valence-corrected chi connectivity index (χ1v) is 6.88. The zero-order valence-corrected chi connectivity index (χ0v) is 13.2. The highest BCUT2D eigenvalue weighted by Crippen LogP contribution is 2.23. The topological polar surface area (TPSA) is 65.1 Å². The number of benzene rings is 1. The van der Waals surface area contributed by atoms with Crippen molar-refractivity contribution in [2.75, 3.05) is 39.1 Å². The van der Waals surface area contributed by atoms with E-state index < -0.39 is 0 Å². The Morgan fingerprint density at radius 2 is 2.00 bits per heavy atom. The van der Waals surface area contributed by atoms with Crippen LogP contribution >= 0.6 is 15.9 Å². The summed E-state index contributed by atoms with van der Waals surface area (Å²) in [6.45, 7) is 2.04. The van der Waals surface area contributed by atoms with E-state index in [9.17, 15) is 0 Å². The molecule has 0 heterocycles. The molecule has 0 unspecified atom stereocenters. The van der Waals surface area contributed by atoms with Crippen molar-refractivity contribution in [3.8, 4) is 0 Å². The van der Waals surface area contributed by atoms with Crippen molar-refractivity contribution in [2.45, 2.75) is 6.42 Å². The fourth-order valence-corrected chi connectivity index (χ4v) is 2.33. The highest BCUT2D eigenvalue weighted by atomic mass is 79.9. The van der Waals surface area contributed by atoms with E-state index in [2.05, 4.69) is 52.0 Å². The van der Waals surface area contributed by atoms with Gasteiger partial charge in [-0.15, -0.1) is 0 Å². The molecule has 6 heteroatoms. The molecule has 0 bridgehead atoms. The molecular weight excluding hydrogens is 308 g/mol. The Morgan fingerprint density at radius 1 is 1.32 bits per heavy atom. The molecule has 1 aromatic rings. The molecule has 0 aliphatic rings. The maximum Gasteiger partial charge on any atom is 0.171 e. The average Bonchev–Trinajstić information content (AvgIpc) is 2.37. The van der Waals surface area contributed by atoms with Crippen LogP contribution in [0.4, 0.5) is 5.69 Å². The summed E-state index contributed by atoms with van der Waals surface area (Å²) < 4.78 is 0.819. The van der Waals surface area contributed by atoms with Gasteiger partial charge in [0.2, 0.25) is 0 Å². The SMILES string of the molecule is CN(C)CCCN(C)c1ccc(/C(N)=N/O)c(Br)c1. The third kappa shape index (κ3) is 4.72. The Balaban J connectivity index is 2.72. The van der Waals surface area contributed by atoms with E-state index in [0.717, 1.165) is 29.7 Å². The van der Waals surface area contributed by atoms with E-state index in [0.29, 0.717) is 5.56 Å². The minimum Gasteiger partial charge on any atom is -0.409 e. The van der Waals surface area contributed by atoms with Gasteiger partial charge in [0.1, 0.15) is 0 Å². The van der Waals surface area contributed by atoms with Crippen molar-refractivity contribution >= 4 is 27.5 Å². The van der Waals surface area contributed by atoms with E-state index in [-0.39, 0.29) is 5.84 Å². The third-order valence-electron chi connectivity index (χ3n) is 2.88. The zero-order valence-electron chi connectivity index (χ0n) is 11.6.